The van der Waals surface area contributed by atoms with Crippen LogP contribution in [-0.4, -0.2) is 17.9 Å². The molecule has 0 fully saturated rings. The first-order valence-electron chi connectivity index (χ1n) is 5.57. The Kier molecular flexibility index (Phi) is 2.52. The zero-order valence-corrected chi connectivity index (χ0v) is 10.1. The van der Waals surface area contributed by atoms with Crippen LogP contribution in [0.25, 0.3) is 0 Å². The molecule has 0 atom stereocenters. The largest absolute Gasteiger partial charge is 0.454 e. The number of aromatic nitrogens is 1. The zero-order chi connectivity index (χ0) is 13.4. The Morgan fingerprint density at radius 3 is 2.74 bits per heavy atom. The average molecular weight is 261 g/mol. The van der Waals surface area contributed by atoms with Gasteiger partial charge in [0.05, 0.1) is 11.3 Å². The van der Waals surface area contributed by atoms with Gasteiger partial charge in [0.2, 0.25) is 12.7 Å². The number of nitrogens with zero attached hydrogens (tertiary/aromatic N) is 1. The van der Waals surface area contributed by atoms with E-state index in [1.165, 1.54) is 6.07 Å². The molecule has 2 aromatic rings. The fourth-order valence-electron chi connectivity index (χ4n) is 1.76. The van der Waals surface area contributed by atoms with Crippen molar-refractivity contribution in [1.82, 2.24) is 5.16 Å². The maximum absolute atomic E-state index is 12.1. The van der Waals surface area contributed by atoms with Crippen LogP contribution in [0.4, 0.5) is 11.6 Å². The SMILES string of the molecule is Cc1cc(NC(=O)c2cc3c(cc2N)OCO3)on1. The molecular weight excluding hydrogens is 250 g/mol. The highest BCUT2D eigenvalue weighted by Gasteiger charge is 2.20. The van der Waals surface area contributed by atoms with Gasteiger partial charge in [-0.1, -0.05) is 5.16 Å². The van der Waals surface area contributed by atoms with Gasteiger partial charge in [0.1, 0.15) is 0 Å². The molecule has 0 saturated carbocycles. The molecule has 1 aromatic carbocycles. The summed E-state index contributed by atoms with van der Waals surface area (Å²) in [5.41, 5.74) is 7.08. The molecule has 1 aliphatic heterocycles. The van der Waals surface area contributed by atoms with E-state index in [1.54, 1.807) is 19.1 Å². The average Bonchev–Trinajstić information content (AvgIpc) is 2.96. The number of hydrogen-bond acceptors (Lipinski definition) is 6. The molecule has 3 rings (SSSR count). The van der Waals surface area contributed by atoms with Crippen LogP contribution in [0.3, 0.4) is 0 Å². The molecule has 1 aliphatic rings. The highest BCUT2D eigenvalue weighted by atomic mass is 16.7. The van der Waals surface area contributed by atoms with Crippen molar-refractivity contribution in [3.05, 3.63) is 29.5 Å². The number of benzene rings is 1. The summed E-state index contributed by atoms with van der Waals surface area (Å²) < 4.78 is 15.3. The van der Waals surface area contributed by atoms with E-state index in [-0.39, 0.29) is 12.7 Å². The molecule has 0 unspecified atom stereocenters. The van der Waals surface area contributed by atoms with E-state index < -0.39 is 5.91 Å². The smallest absolute Gasteiger partial charge is 0.260 e. The molecule has 2 heterocycles. The number of amides is 1. The van der Waals surface area contributed by atoms with Crippen molar-refractivity contribution in [1.29, 1.82) is 0 Å². The fourth-order valence-corrected chi connectivity index (χ4v) is 1.76. The standard InChI is InChI=1S/C12H11N3O4/c1-6-2-11(19-15-6)14-12(16)7-3-9-10(4-8(7)13)18-5-17-9/h2-4H,5,13H2,1H3,(H,14,16). The van der Waals surface area contributed by atoms with Gasteiger partial charge in [-0.3, -0.25) is 10.1 Å². The van der Waals surface area contributed by atoms with Crippen LogP contribution in [0.5, 0.6) is 11.5 Å². The molecule has 7 heteroatoms. The van der Waals surface area contributed by atoms with Crippen LogP contribution in [0, 0.1) is 6.92 Å². The molecule has 19 heavy (non-hydrogen) atoms. The zero-order valence-electron chi connectivity index (χ0n) is 10.1. The summed E-state index contributed by atoms with van der Waals surface area (Å²) in [6, 6.07) is 4.71. The van der Waals surface area contributed by atoms with Gasteiger partial charge in [-0.05, 0) is 13.0 Å². The number of nitrogen functional groups attached to an aromatic ring is 1. The minimum atomic E-state index is -0.396. The molecular formula is C12H11N3O4. The fraction of sp³-hybridized carbons (Fsp3) is 0.167. The number of aryl methyl sites for hydroxylation is 1. The van der Waals surface area contributed by atoms with Gasteiger partial charge in [0.15, 0.2) is 11.5 Å². The number of nitrogens with one attached hydrogen (secondary N) is 1. The van der Waals surface area contributed by atoms with Crippen molar-refractivity contribution in [2.75, 3.05) is 17.8 Å². The summed E-state index contributed by atoms with van der Waals surface area (Å²) in [4.78, 5) is 12.1. The van der Waals surface area contributed by atoms with Crippen molar-refractivity contribution in [2.45, 2.75) is 6.92 Å². The third kappa shape index (κ3) is 2.05. The Bertz CT molecular complexity index is 650. The number of fused-ring (bicyclic) bond motifs is 1. The minimum absolute atomic E-state index is 0.126. The lowest BCUT2D eigenvalue weighted by Crippen LogP contribution is -2.13. The molecule has 0 spiro atoms. The van der Waals surface area contributed by atoms with E-state index >= 15 is 0 Å². The van der Waals surface area contributed by atoms with Crippen LogP contribution in [0.1, 0.15) is 16.1 Å². The van der Waals surface area contributed by atoms with Crippen molar-refractivity contribution >= 4 is 17.5 Å². The van der Waals surface area contributed by atoms with Crippen LogP contribution >= 0.6 is 0 Å². The number of hydrogen-bond donors (Lipinski definition) is 2. The van der Waals surface area contributed by atoms with Crippen LogP contribution in [0.15, 0.2) is 22.7 Å². The Balaban J connectivity index is 1.87. The summed E-state index contributed by atoms with van der Waals surface area (Å²) in [6.45, 7) is 1.88. The summed E-state index contributed by atoms with van der Waals surface area (Å²) >= 11 is 0. The van der Waals surface area contributed by atoms with E-state index in [9.17, 15) is 4.79 Å². The van der Waals surface area contributed by atoms with E-state index in [0.29, 0.717) is 28.4 Å². The number of ether oxygens (including phenoxy) is 2. The molecule has 0 bridgehead atoms. The van der Waals surface area contributed by atoms with E-state index in [4.69, 9.17) is 19.7 Å². The summed E-state index contributed by atoms with van der Waals surface area (Å²) in [6.07, 6.45) is 0. The first-order valence-corrected chi connectivity index (χ1v) is 5.57. The Hall–Kier alpha value is -2.70. The Labute approximate surface area is 108 Å². The van der Waals surface area contributed by atoms with Gasteiger partial charge in [-0.2, -0.15) is 0 Å². The number of anilines is 2. The topological polar surface area (TPSA) is 99.6 Å². The van der Waals surface area contributed by atoms with Crippen molar-refractivity contribution in [2.24, 2.45) is 0 Å². The molecule has 7 nitrogen and oxygen atoms in total. The summed E-state index contributed by atoms with van der Waals surface area (Å²) in [5.74, 6) is 0.893. The summed E-state index contributed by atoms with van der Waals surface area (Å²) in [5, 5.41) is 6.24. The van der Waals surface area contributed by atoms with E-state index in [0.717, 1.165) is 0 Å². The van der Waals surface area contributed by atoms with Crippen LogP contribution < -0.4 is 20.5 Å². The van der Waals surface area contributed by atoms with Gasteiger partial charge < -0.3 is 19.7 Å². The normalized spacial score (nSPS) is 12.5. The lowest BCUT2D eigenvalue weighted by Gasteiger charge is -2.06. The van der Waals surface area contributed by atoms with E-state index in [1.807, 2.05) is 0 Å². The quantitative estimate of drug-likeness (QED) is 0.795. The van der Waals surface area contributed by atoms with Crippen LogP contribution in [0.2, 0.25) is 0 Å². The van der Waals surface area contributed by atoms with Crippen molar-refractivity contribution in [3.8, 4) is 11.5 Å². The second-order valence-electron chi connectivity index (χ2n) is 4.08. The third-order valence-corrected chi connectivity index (χ3v) is 2.65. The number of carbonyl (C=O) groups excluding carboxylic acids is 1. The van der Waals surface area contributed by atoms with Gasteiger partial charge >= 0.3 is 0 Å². The molecule has 0 aliphatic carbocycles. The van der Waals surface area contributed by atoms with Crippen molar-refractivity contribution in [3.63, 3.8) is 0 Å². The lowest BCUT2D eigenvalue weighted by atomic mass is 10.1. The Morgan fingerprint density at radius 2 is 2.05 bits per heavy atom. The van der Waals surface area contributed by atoms with Gasteiger partial charge in [-0.15, -0.1) is 0 Å². The van der Waals surface area contributed by atoms with Crippen molar-refractivity contribution < 1.29 is 18.8 Å². The maximum Gasteiger partial charge on any atom is 0.260 e. The summed E-state index contributed by atoms with van der Waals surface area (Å²) in [7, 11) is 0. The number of nitrogens with two attached hydrogens (primary N) is 1. The first-order chi connectivity index (χ1) is 9.13. The molecule has 0 saturated heterocycles. The second-order valence-corrected chi connectivity index (χ2v) is 4.08. The van der Waals surface area contributed by atoms with Gasteiger partial charge in [0, 0.05) is 17.8 Å². The minimum Gasteiger partial charge on any atom is -0.454 e. The molecule has 3 N–H and O–H groups in total. The van der Waals surface area contributed by atoms with Gasteiger partial charge in [0.25, 0.3) is 5.91 Å². The molecule has 1 amide bonds. The monoisotopic (exact) mass is 261 g/mol. The molecule has 1 aromatic heterocycles. The second kappa shape index (κ2) is 4.20. The molecule has 0 radical (unpaired) electrons. The number of rotatable bonds is 2. The third-order valence-electron chi connectivity index (χ3n) is 2.65. The molecule has 98 valence electrons. The maximum atomic E-state index is 12.1. The predicted octanol–water partition coefficient (Wildman–Crippen LogP) is 1.55. The first kappa shape index (κ1) is 11.4. The highest BCUT2D eigenvalue weighted by Crippen LogP contribution is 2.36. The number of carbonyl (C=O) groups is 1. The van der Waals surface area contributed by atoms with Crippen LogP contribution in [-0.2, 0) is 0 Å². The lowest BCUT2D eigenvalue weighted by molar-refractivity contribution is 0.102. The highest BCUT2D eigenvalue weighted by molar-refractivity contribution is 6.07. The van der Waals surface area contributed by atoms with E-state index in [2.05, 4.69) is 10.5 Å². The Morgan fingerprint density at radius 1 is 1.32 bits per heavy atom. The predicted molar refractivity (Wildman–Crippen MR) is 66.2 cm³/mol. The van der Waals surface area contributed by atoms with Gasteiger partial charge in [-0.25, -0.2) is 0 Å².